The second-order valence-corrected chi connectivity index (χ2v) is 4.78. The Balaban J connectivity index is 2.18. The highest BCUT2D eigenvalue weighted by atomic mass is 35.5. The molecule has 16 heavy (non-hydrogen) atoms. The van der Waals surface area contributed by atoms with Crippen molar-refractivity contribution in [2.24, 2.45) is 0 Å². The number of halogens is 1. The minimum atomic E-state index is -0.958. The van der Waals surface area contributed by atoms with E-state index in [1.54, 1.807) is 12.1 Å². The second-order valence-electron chi connectivity index (χ2n) is 4.34. The first kappa shape index (κ1) is 11.4. The lowest BCUT2D eigenvalue weighted by Crippen LogP contribution is -2.97. The predicted molar refractivity (Wildman–Crippen MR) is 58.9 cm³/mol. The summed E-state index contributed by atoms with van der Waals surface area (Å²) in [6.45, 7) is 0.863. The van der Waals surface area contributed by atoms with E-state index in [4.69, 9.17) is 11.6 Å². The first-order valence-electron chi connectivity index (χ1n) is 5.43. The van der Waals surface area contributed by atoms with Gasteiger partial charge >= 0.3 is 0 Å². The summed E-state index contributed by atoms with van der Waals surface area (Å²) in [6, 6.07) is 7.32. The molecular weight excluding hydrogens is 226 g/mol. The number of benzene rings is 1. The van der Waals surface area contributed by atoms with Gasteiger partial charge in [-0.1, -0.05) is 23.7 Å². The van der Waals surface area contributed by atoms with Crippen molar-refractivity contribution in [3.05, 3.63) is 34.9 Å². The lowest BCUT2D eigenvalue weighted by Gasteiger charge is -2.27. The van der Waals surface area contributed by atoms with Crippen LogP contribution in [0.2, 0.25) is 5.02 Å². The van der Waals surface area contributed by atoms with Crippen LogP contribution in [0.3, 0.4) is 0 Å². The third-order valence-electron chi connectivity index (χ3n) is 3.20. The van der Waals surface area contributed by atoms with Gasteiger partial charge in [-0.3, -0.25) is 0 Å². The van der Waals surface area contributed by atoms with Crippen LogP contribution in [0.15, 0.2) is 24.3 Å². The lowest BCUT2D eigenvalue weighted by atomic mass is 9.89. The first-order valence-corrected chi connectivity index (χ1v) is 5.80. The van der Waals surface area contributed by atoms with Gasteiger partial charge in [0.05, 0.1) is 6.54 Å². The van der Waals surface area contributed by atoms with E-state index in [2.05, 4.69) is 0 Å². The van der Waals surface area contributed by atoms with Crippen LogP contribution in [0, 0.1) is 0 Å². The SMILES string of the molecule is O=C([O-])[C@@]1(Cc2ccc(Cl)cc2)CCC[NH2+]1. The number of quaternary nitrogens is 1. The maximum atomic E-state index is 11.2. The van der Waals surface area contributed by atoms with Gasteiger partial charge in [0.15, 0.2) is 0 Å². The number of carboxylic acid groups (broad SMARTS) is 1. The van der Waals surface area contributed by atoms with Gasteiger partial charge in [-0.15, -0.1) is 0 Å². The molecule has 1 aliphatic heterocycles. The fourth-order valence-electron chi connectivity index (χ4n) is 2.28. The zero-order chi connectivity index (χ0) is 11.6. The van der Waals surface area contributed by atoms with Gasteiger partial charge < -0.3 is 15.2 Å². The Morgan fingerprint density at radius 2 is 2.12 bits per heavy atom. The molecule has 3 nitrogen and oxygen atoms in total. The summed E-state index contributed by atoms with van der Waals surface area (Å²) in [6.07, 6.45) is 2.12. The normalized spacial score (nSPS) is 24.6. The van der Waals surface area contributed by atoms with E-state index in [0.29, 0.717) is 17.9 Å². The van der Waals surface area contributed by atoms with Gasteiger partial charge in [0.25, 0.3) is 0 Å². The molecule has 0 spiro atoms. The molecule has 1 aromatic carbocycles. The molecule has 2 rings (SSSR count). The lowest BCUT2D eigenvalue weighted by molar-refractivity contribution is -0.700. The van der Waals surface area contributed by atoms with Crippen molar-refractivity contribution in [3.8, 4) is 0 Å². The van der Waals surface area contributed by atoms with Gasteiger partial charge in [0, 0.05) is 24.3 Å². The fraction of sp³-hybridized carbons (Fsp3) is 0.417. The second kappa shape index (κ2) is 4.44. The van der Waals surface area contributed by atoms with Crippen molar-refractivity contribution in [1.82, 2.24) is 0 Å². The van der Waals surface area contributed by atoms with Gasteiger partial charge in [0.1, 0.15) is 11.5 Å². The molecule has 1 atom stereocenters. The number of aliphatic carboxylic acids is 1. The quantitative estimate of drug-likeness (QED) is 0.790. The molecule has 1 aromatic rings. The minimum Gasteiger partial charge on any atom is -0.544 e. The maximum absolute atomic E-state index is 11.2. The molecule has 0 aromatic heterocycles. The Morgan fingerprint density at radius 3 is 2.62 bits per heavy atom. The van der Waals surface area contributed by atoms with Crippen LogP contribution in [0.25, 0.3) is 0 Å². The smallest absolute Gasteiger partial charge is 0.140 e. The Labute approximate surface area is 99.4 Å². The highest BCUT2D eigenvalue weighted by molar-refractivity contribution is 6.30. The third-order valence-corrected chi connectivity index (χ3v) is 3.45. The number of nitrogens with two attached hydrogens (primary N) is 1. The van der Waals surface area contributed by atoms with Crippen LogP contribution in [0.4, 0.5) is 0 Å². The predicted octanol–water partition coefficient (Wildman–Crippen LogP) is -0.272. The number of hydrogen-bond acceptors (Lipinski definition) is 2. The van der Waals surface area contributed by atoms with E-state index in [-0.39, 0.29) is 0 Å². The van der Waals surface area contributed by atoms with Crippen LogP contribution in [-0.2, 0) is 11.2 Å². The van der Waals surface area contributed by atoms with Crippen LogP contribution in [0.1, 0.15) is 18.4 Å². The van der Waals surface area contributed by atoms with Gasteiger partial charge in [-0.25, -0.2) is 0 Å². The molecule has 2 N–H and O–H groups in total. The monoisotopic (exact) mass is 239 g/mol. The van der Waals surface area contributed by atoms with Crippen LogP contribution in [0.5, 0.6) is 0 Å². The molecular formula is C12H14ClNO2. The van der Waals surface area contributed by atoms with Crippen molar-refractivity contribution in [3.63, 3.8) is 0 Å². The molecule has 0 radical (unpaired) electrons. The van der Waals surface area contributed by atoms with Gasteiger partial charge in [0.2, 0.25) is 0 Å². The molecule has 86 valence electrons. The van der Waals surface area contributed by atoms with Crippen molar-refractivity contribution in [2.75, 3.05) is 6.54 Å². The molecule has 0 aliphatic carbocycles. The molecule has 4 heteroatoms. The minimum absolute atomic E-state index is 0.506. The Bertz CT molecular complexity index is 383. The van der Waals surface area contributed by atoms with Crippen LogP contribution >= 0.6 is 11.6 Å². The van der Waals surface area contributed by atoms with E-state index in [9.17, 15) is 9.90 Å². The fourth-order valence-corrected chi connectivity index (χ4v) is 2.41. The molecule has 1 aliphatic rings. The third kappa shape index (κ3) is 2.20. The Morgan fingerprint density at radius 1 is 1.44 bits per heavy atom. The highest BCUT2D eigenvalue weighted by Gasteiger charge is 2.39. The summed E-state index contributed by atoms with van der Waals surface area (Å²) < 4.78 is 0. The topological polar surface area (TPSA) is 56.7 Å². The summed E-state index contributed by atoms with van der Waals surface area (Å²) in [4.78, 5) is 11.2. The Hall–Kier alpha value is -1.06. The maximum Gasteiger partial charge on any atom is 0.140 e. The van der Waals surface area contributed by atoms with Crippen LogP contribution in [-0.4, -0.2) is 18.1 Å². The van der Waals surface area contributed by atoms with Crippen molar-refractivity contribution >= 4 is 17.6 Å². The van der Waals surface area contributed by atoms with Gasteiger partial charge in [-0.2, -0.15) is 0 Å². The number of rotatable bonds is 3. The summed E-state index contributed by atoms with van der Waals surface area (Å²) in [5.74, 6) is -0.958. The number of carboxylic acids is 1. The van der Waals surface area contributed by atoms with E-state index in [1.165, 1.54) is 0 Å². The Kier molecular flexibility index (Phi) is 3.17. The molecule has 1 heterocycles. The average molecular weight is 240 g/mol. The molecule has 1 fully saturated rings. The number of carbonyl (C=O) groups excluding carboxylic acids is 1. The molecule has 0 bridgehead atoms. The van der Waals surface area contributed by atoms with Crippen molar-refractivity contribution in [1.29, 1.82) is 0 Å². The van der Waals surface area contributed by atoms with E-state index < -0.39 is 11.5 Å². The molecule has 0 amide bonds. The molecule has 0 unspecified atom stereocenters. The highest BCUT2D eigenvalue weighted by Crippen LogP contribution is 2.19. The zero-order valence-corrected chi connectivity index (χ0v) is 9.67. The van der Waals surface area contributed by atoms with Crippen molar-refractivity contribution in [2.45, 2.75) is 24.8 Å². The van der Waals surface area contributed by atoms with E-state index >= 15 is 0 Å². The average Bonchev–Trinajstić information content (AvgIpc) is 2.71. The van der Waals surface area contributed by atoms with E-state index in [1.807, 2.05) is 17.4 Å². The summed E-state index contributed by atoms with van der Waals surface area (Å²) in [5, 5.41) is 13.8. The summed E-state index contributed by atoms with van der Waals surface area (Å²) in [5.41, 5.74) is 0.222. The number of hydrogen-bond donors (Lipinski definition) is 1. The number of carbonyl (C=O) groups is 1. The first-order chi connectivity index (χ1) is 7.62. The largest absolute Gasteiger partial charge is 0.544 e. The van der Waals surface area contributed by atoms with Gasteiger partial charge in [-0.05, 0) is 17.7 Å². The summed E-state index contributed by atoms with van der Waals surface area (Å²) in [7, 11) is 0. The summed E-state index contributed by atoms with van der Waals surface area (Å²) >= 11 is 5.79. The van der Waals surface area contributed by atoms with E-state index in [0.717, 1.165) is 18.5 Å². The molecule has 0 saturated carbocycles. The zero-order valence-electron chi connectivity index (χ0n) is 8.91. The molecule has 1 saturated heterocycles. The van der Waals surface area contributed by atoms with Crippen LogP contribution < -0.4 is 10.4 Å². The van der Waals surface area contributed by atoms with Crippen molar-refractivity contribution < 1.29 is 15.2 Å². The standard InChI is InChI=1S/C12H14ClNO2/c13-10-4-2-9(3-5-10)8-12(11(15)16)6-1-7-14-12/h2-5,14H,1,6-8H2,(H,15,16)/t12-/m0/s1.